The summed E-state index contributed by atoms with van der Waals surface area (Å²) in [6.45, 7) is 8.79. The highest BCUT2D eigenvalue weighted by Crippen LogP contribution is 2.39. The Morgan fingerprint density at radius 2 is 1.85 bits per heavy atom. The van der Waals surface area contributed by atoms with Gasteiger partial charge in [-0.3, -0.25) is 4.90 Å². The third-order valence-electron chi connectivity index (χ3n) is 5.12. The van der Waals surface area contributed by atoms with Crippen LogP contribution < -0.4 is 5.32 Å². The number of piperazine rings is 1. The first kappa shape index (κ1) is 14.2. The van der Waals surface area contributed by atoms with Crippen molar-refractivity contribution < 1.29 is 4.42 Å². The van der Waals surface area contributed by atoms with Crippen molar-refractivity contribution in [2.24, 2.45) is 5.92 Å². The number of hydrogen-bond donors (Lipinski definition) is 1. The minimum absolute atomic E-state index is 0.504. The summed E-state index contributed by atoms with van der Waals surface area (Å²) in [4.78, 5) is 2.66. The molecule has 1 aromatic heterocycles. The van der Waals surface area contributed by atoms with Crippen LogP contribution in [0.1, 0.15) is 55.2 Å². The predicted molar refractivity (Wildman–Crippen MR) is 81.9 cm³/mol. The van der Waals surface area contributed by atoms with Crippen LogP contribution in [0.3, 0.4) is 0 Å². The van der Waals surface area contributed by atoms with Crippen molar-refractivity contribution in [2.45, 2.75) is 52.0 Å². The van der Waals surface area contributed by atoms with Crippen LogP contribution in [0.4, 0.5) is 0 Å². The number of nitrogens with zero attached hydrogens (tertiary/aromatic N) is 1. The first-order valence-corrected chi connectivity index (χ1v) is 8.27. The highest BCUT2D eigenvalue weighted by Gasteiger charge is 2.33. The second-order valence-corrected chi connectivity index (χ2v) is 6.52. The van der Waals surface area contributed by atoms with Crippen LogP contribution in [0, 0.1) is 19.8 Å². The summed E-state index contributed by atoms with van der Waals surface area (Å²) >= 11 is 0. The van der Waals surface area contributed by atoms with Crippen LogP contribution in [-0.2, 0) is 0 Å². The molecule has 2 fully saturated rings. The molecular weight excluding hydrogens is 248 g/mol. The van der Waals surface area contributed by atoms with Crippen LogP contribution >= 0.6 is 0 Å². The lowest BCUT2D eigenvalue weighted by Gasteiger charge is -2.39. The van der Waals surface area contributed by atoms with E-state index in [0.717, 1.165) is 37.9 Å². The lowest BCUT2D eigenvalue weighted by Crippen LogP contribution is -2.47. The third-order valence-corrected chi connectivity index (χ3v) is 5.12. The van der Waals surface area contributed by atoms with Gasteiger partial charge in [-0.05, 0) is 44.2 Å². The summed E-state index contributed by atoms with van der Waals surface area (Å²) in [6.07, 6.45) is 6.94. The van der Waals surface area contributed by atoms with E-state index in [1.54, 1.807) is 0 Å². The lowest BCUT2D eigenvalue weighted by molar-refractivity contribution is 0.0864. The van der Waals surface area contributed by atoms with E-state index < -0.39 is 0 Å². The van der Waals surface area contributed by atoms with Crippen molar-refractivity contribution in [3.8, 4) is 0 Å². The zero-order valence-electron chi connectivity index (χ0n) is 13.0. The Hall–Kier alpha value is -0.800. The summed E-state index contributed by atoms with van der Waals surface area (Å²) in [5.74, 6) is 3.09. The fourth-order valence-electron chi connectivity index (χ4n) is 3.87. The van der Waals surface area contributed by atoms with Crippen LogP contribution in [0.15, 0.2) is 10.5 Å². The van der Waals surface area contributed by atoms with E-state index in [1.807, 2.05) is 0 Å². The van der Waals surface area contributed by atoms with Crippen molar-refractivity contribution in [2.75, 3.05) is 26.2 Å². The van der Waals surface area contributed by atoms with Gasteiger partial charge in [0.1, 0.15) is 11.5 Å². The summed E-state index contributed by atoms with van der Waals surface area (Å²) in [6, 6.07) is 2.79. The number of hydrogen-bond acceptors (Lipinski definition) is 3. The van der Waals surface area contributed by atoms with Gasteiger partial charge in [-0.15, -0.1) is 0 Å². The minimum atomic E-state index is 0.504. The zero-order valence-corrected chi connectivity index (χ0v) is 13.0. The van der Waals surface area contributed by atoms with Gasteiger partial charge in [0.2, 0.25) is 0 Å². The van der Waals surface area contributed by atoms with E-state index in [4.69, 9.17) is 4.42 Å². The van der Waals surface area contributed by atoms with Gasteiger partial charge in [-0.25, -0.2) is 0 Å². The molecular formula is C17H28N2O. The van der Waals surface area contributed by atoms with Gasteiger partial charge in [-0.1, -0.05) is 19.3 Å². The van der Waals surface area contributed by atoms with Crippen molar-refractivity contribution in [3.05, 3.63) is 23.2 Å². The van der Waals surface area contributed by atoms with Gasteiger partial charge >= 0.3 is 0 Å². The smallest absolute Gasteiger partial charge is 0.121 e. The van der Waals surface area contributed by atoms with Crippen LogP contribution in [0.25, 0.3) is 0 Å². The molecule has 20 heavy (non-hydrogen) atoms. The maximum absolute atomic E-state index is 6.12. The van der Waals surface area contributed by atoms with E-state index in [1.165, 1.54) is 43.4 Å². The van der Waals surface area contributed by atoms with Gasteiger partial charge in [0.25, 0.3) is 0 Å². The zero-order chi connectivity index (χ0) is 13.9. The average molecular weight is 276 g/mol. The Morgan fingerprint density at radius 3 is 2.45 bits per heavy atom. The Balaban J connectivity index is 1.85. The first-order chi connectivity index (χ1) is 9.75. The van der Waals surface area contributed by atoms with E-state index in [9.17, 15) is 0 Å². The molecule has 1 aliphatic heterocycles. The molecule has 112 valence electrons. The SMILES string of the molecule is Cc1cc([C@H](C2CCCCC2)N2CCNCC2)oc1C. The monoisotopic (exact) mass is 276 g/mol. The van der Waals surface area contributed by atoms with E-state index in [2.05, 4.69) is 30.1 Å². The molecule has 0 amide bonds. The number of nitrogens with one attached hydrogen (secondary N) is 1. The van der Waals surface area contributed by atoms with Crippen molar-refractivity contribution in [1.29, 1.82) is 0 Å². The first-order valence-electron chi connectivity index (χ1n) is 8.27. The molecule has 3 rings (SSSR count). The largest absolute Gasteiger partial charge is 0.464 e. The van der Waals surface area contributed by atoms with Gasteiger partial charge in [0.05, 0.1) is 6.04 Å². The quantitative estimate of drug-likeness (QED) is 0.917. The molecule has 1 atom stereocenters. The third kappa shape index (κ3) is 2.94. The molecule has 0 unspecified atom stereocenters. The Bertz CT molecular complexity index is 391. The average Bonchev–Trinajstić information content (AvgIpc) is 2.81. The number of furan rings is 1. The van der Waals surface area contributed by atoms with Crippen molar-refractivity contribution >= 4 is 0 Å². The fourth-order valence-corrected chi connectivity index (χ4v) is 3.87. The molecule has 1 aromatic rings. The molecule has 0 spiro atoms. The highest BCUT2D eigenvalue weighted by molar-refractivity contribution is 5.21. The molecule has 3 heteroatoms. The topological polar surface area (TPSA) is 28.4 Å². The van der Waals surface area contributed by atoms with Crippen LogP contribution in [0.2, 0.25) is 0 Å². The van der Waals surface area contributed by atoms with Gasteiger partial charge in [-0.2, -0.15) is 0 Å². The number of rotatable bonds is 3. The molecule has 0 bridgehead atoms. The molecule has 0 radical (unpaired) electrons. The predicted octanol–water partition coefficient (Wildman–Crippen LogP) is 3.42. The maximum atomic E-state index is 6.12. The Labute approximate surface area is 122 Å². The summed E-state index contributed by atoms with van der Waals surface area (Å²) in [5.41, 5.74) is 1.30. The summed E-state index contributed by atoms with van der Waals surface area (Å²) in [5, 5.41) is 3.47. The highest BCUT2D eigenvalue weighted by atomic mass is 16.3. The molecule has 1 saturated heterocycles. The molecule has 0 aromatic carbocycles. The summed E-state index contributed by atoms with van der Waals surface area (Å²) < 4.78 is 6.12. The fraction of sp³-hybridized carbons (Fsp3) is 0.765. The van der Waals surface area contributed by atoms with E-state index >= 15 is 0 Å². The molecule has 1 saturated carbocycles. The second kappa shape index (κ2) is 6.31. The molecule has 1 aliphatic carbocycles. The molecule has 2 aliphatic rings. The van der Waals surface area contributed by atoms with Crippen molar-refractivity contribution in [3.63, 3.8) is 0 Å². The molecule has 2 heterocycles. The summed E-state index contributed by atoms with van der Waals surface area (Å²) in [7, 11) is 0. The normalized spacial score (nSPS) is 23.9. The van der Waals surface area contributed by atoms with Crippen LogP contribution in [-0.4, -0.2) is 31.1 Å². The Kier molecular flexibility index (Phi) is 4.47. The molecule has 3 nitrogen and oxygen atoms in total. The van der Waals surface area contributed by atoms with E-state index in [0.29, 0.717) is 6.04 Å². The second-order valence-electron chi connectivity index (χ2n) is 6.52. The maximum Gasteiger partial charge on any atom is 0.121 e. The van der Waals surface area contributed by atoms with Crippen molar-refractivity contribution in [1.82, 2.24) is 10.2 Å². The van der Waals surface area contributed by atoms with Gasteiger partial charge < -0.3 is 9.73 Å². The van der Waals surface area contributed by atoms with E-state index in [-0.39, 0.29) is 0 Å². The standard InChI is InChI=1S/C17H28N2O/c1-13-12-16(20-14(13)2)17(15-6-4-3-5-7-15)19-10-8-18-9-11-19/h12,15,17-18H,3-11H2,1-2H3/t17-/m0/s1. The van der Waals surface area contributed by atoms with Gasteiger partial charge in [0, 0.05) is 26.2 Å². The van der Waals surface area contributed by atoms with Gasteiger partial charge in [0.15, 0.2) is 0 Å². The number of aryl methyl sites for hydroxylation is 2. The lowest BCUT2D eigenvalue weighted by atomic mass is 9.82. The Morgan fingerprint density at radius 1 is 1.15 bits per heavy atom. The van der Waals surface area contributed by atoms with Crippen LogP contribution in [0.5, 0.6) is 0 Å². The molecule has 1 N–H and O–H groups in total. The minimum Gasteiger partial charge on any atom is -0.464 e.